The summed E-state index contributed by atoms with van der Waals surface area (Å²) in [6.45, 7) is 6.43. The quantitative estimate of drug-likeness (QED) is 0.688. The van der Waals surface area contributed by atoms with Gasteiger partial charge in [0.1, 0.15) is 5.60 Å². The summed E-state index contributed by atoms with van der Waals surface area (Å²) >= 11 is 0. The van der Waals surface area contributed by atoms with Crippen molar-refractivity contribution < 1.29 is 19.4 Å². The van der Waals surface area contributed by atoms with Gasteiger partial charge in [-0.1, -0.05) is 0 Å². The highest BCUT2D eigenvalue weighted by Crippen LogP contribution is 2.19. The van der Waals surface area contributed by atoms with Crippen LogP contribution >= 0.6 is 0 Å². The van der Waals surface area contributed by atoms with Crippen molar-refractivity contribution >= 4 is 11.9 Å². The van der Waals surface area contributed by atoms with Crippen molar-refractivity contribution in [1.82, 2.24) is 4.90 Å². The molecule has 1 fully saturated rings. The van der Waals surface area contributed by atoms with Crippen molar-refractivity contribution in [1.29, 1.82) is 0 Å². The highest BCUT2D eigenvalue weighted by molar-refractivity contribution is 5.75. The summed E-state index contributed by atoms with van der Waals surface area (Å²) in [6.07, 6.45) is 0. The summed E-state index contributed by atoms with van der Waals surface area (Å²) in [7, 11) is 0. The Morgan fingerprint density at radius 2 is 1.93 bits per heavy atom. The lowest BCUT2D eigenvalue weighted by Crippen LogP contribution is -2.53. The number of esters is 1. The molecule has 0 aromatic heterocycles. The highest BCUT2D eigenvalue weighted by atomic mass is 16.6. The highest BCUT2D eigenvalue weighted by Gasteiger charge is 2.36. The molecular formula is C10H17NO4. The summed E-state index contributed by atoms with van der Waals surface area (Å²) in [6, 6.07) is 0. The first kappa shape index (κ1) is 12.0. The van der Waals surface area contributed by atoms with E-state index >= 15 is 0 Å². The van der Waals surface area contributed by atoms with Crippen molar-refractivity contribution in [2.45, 2.75) is 26.4 Å². The maximum Gasteiger partial charge on any atom is 0.317 e. The van der Waals surface area contributed by atoms with Crippen LogP contribution in [0.3, 0.4) is 0 Å². The first-order valence-electron chi connectivity index (χ1n) is 4.95. The number of rotatable bonds is 3. The molecule has 0 unspecified atom stereocenters. The van der Waals surface area contributed by atoms with Gasteiger partial charge in [-0.15, -0.1) is 0 Å². The second-order valence-electron chi connectivity index (χ2n) is 4.82. The summed E-state index contributed by atoms with van der Waals surface area (Å²) < 4.78 is 5.18. The minimum atomic E-state index is -0.863. The smallest absolute Gasteiger partial charge is 0.317 e. The van der Waals surface area contributed by atoms with E-state index in [1.165, 1.54) is 0 Å². The van der Waals surface area contributed by atoms with E-state index in [-0.39, 0.29) is 18.4 Å². The van der Waals surface area contributed by atoms with Crippen LogP contribution in [0.2, 0.25) is 0 Å². The molecule has 0 aliphatic carbocycles. The molecule has 0 atom stereocenters. The summed E-state index contributed by atoms with van der Waals surface area (Å²) in [5, 5.41) is 8.50. The van der Waals surface area contributed by atoms with Gasteiger partial charge < -0.3 is 9.84 Å². The van der Waals surface area contributed by atoms with Gasteiger partial charge in [0, 0.05) is 13.1 Å². The predicted octanol–water partition coefficient (Wildman–Crippen LogP) is 0.344. The number of hydrogen-bond acceptors (Lipinski definition) is 4. The average molecular weight is 215 g/mol. The minimum absolute atomic E-state index is 0.000697. The Labute approximate surface area is 89.0 Å². The van der Waals surface area contributed by atoms with Crippen LogP contribution in [0.4, 0.5) is 0 Å². The number of carbonyl (C=O) groups is 2. The standard InChI is InChI=1S/C10H17NO4/c1-10(2,3)15-9(14)7-4-11(5-7)6-8(12)13/h7H,4-6H2,1-3H3,(H,12,13). The minimum Gasteiger partial charge on any atom is -0.480 e. The number of nitrogens with zero attached hydrogens (tertiary/aromatic N) is 1. The first-order valence-corrected chi connectivity index (χ1v) is 4.95. The molecule has 86 valence electrons. The second kappa shape index (κ2) is 4.18. The van der Waals surface area contributed by atoms with Crippen molar-refractivity contribution in [2.75, 3.05) is 19.6 Å². The number of hydrogen-bond donors (Lipinski definition) is 1. The molecule has 0 saturated carbocycles. The van der Waals surface area contributed by atoms with E-state index in [1.54, 1.807) is 4.90 Å². The lowest BCUT2D eigenvalue weighted by Gasteiger charge is -2.37. The fourth-order valence-corrected chi connectivity index (χ4v) is 1.42. The van der Waals surface area contributed by atoms with E-state index in [0.29, 0.717) is 13.1 Å². The fourth-order valence-electron chi connectivity index (χ4n) is 1.42. The van der Waals surface area contributed by atoms with Crippen LogP contribution in [0.5, 0.6) is 0 Å². The first-order chi connectivity index (χ1) is 6.78. The zero-order chi connectivity index (χ0) is 11.6. The van der Waals surface area contributed by atoms with Gasteiger partial charge in [0.25, 0.3) is 0 Å². The van der Waals surface area contributed by atoms with Crippen LogP contribution in [-0.4, -0.2) is 47.2 Å². The zero-order valence-electron chi connectivity index (χ0n) is 9.32. The van der Waals surface area contributed by atoms with Crippen molar-refractivity contribution in [3.63, 3.8) is 0 Å². The monoisotopic (exact) mass is 215 g/mol. The molecule has 1 aliphatic rings. The Morgan fingerprint density at radius 1 is 1.40 bits per heavy atom. The molecule has 0 spiro atoms. The van der Waals surface area contributed by atoms with Gasteiger partial charge in [0.2, 0.25) is 0 Å². The Balaban J connectivity index is 2.27. The van der Waals surface area contributed by atoms with Gasteiger partial charge in [-0.3, -0.25) is 14.5 Å². The van der Waals surface area contributed by atoms with E-state index in [4.69, 9.17) is 9.84 Å². The Morgan fingerprint density at radius 3 is 2.33 bits per heavy atom. The third-order valence-electron chi connectivity index (χ3n) is 2.06. The number of carboxylic acid groups (broad SMARTS) is 1. The summed E-state index contributed by atoms with van der Waals surface area (Å²) in [5.41, 5.74) is -0.468. The van der Waals surface area contributed by atoms with Gasteiger partial charge >= 0.3 is 11.9 Å². The van der Waals surface area contributed by atoms with Crippen LogP contribution in [0, 0.1) is 5.92 Å². The van der Waals surface area contributed by atoms with E-state index in [0.717, 1.165) is 0 Å². The van der Waals surface area contributed by atoms with Gasteiger partial charge in [-0.2, -0.15) is 0 Å². The molecule has 0 bridgehead atoms. The van der Waals surface area contributed by atoms with Crippen molar-refractivity contribution in [3.05, 3.63) is 0 Å². The van der Waals surface area contributed by atoms with E-state index in [2.05, 4.69) is 0 Å². The average Bonchev–Trinajstić information content (AvgIpc) is 1.91. The third kappa shape index (κ3) is 3.87. The van der Waals surface area contributed by atoms with Crippen LogP contribution in [0.25, 0.3) is 0 Å². The van der Waals surface area contributed by atoms with Crippen LogP contribution < -0.4 is 0 Å². The van der Waals surface area contributed by atoms with Gasteiger partial charge in [0.05, 0.1) is 12.5 Å². The largest absolute Gasteiger partial charge is 0.480 e. The van der Waals surface area contributed by atoms with Gasteiger partial charge in [0.15, 0.2) is 0 Å². The van der Waals surface area contributed by atoms with E-state index in [9.17, 15) is 9.59 Å². The van der Waals surface area contributed by atoms with Crippen LogP contribution in [-0.2, 0) is 14.3 Å². The molecular weight excluding hydrogens is 198 g/mol. The molecule has 1 N–H and O–H groups in total. The molecule has 1 heterocycles. The fraction of sp³-hybridized carbons (Fsp3) is 0.800. The molecule has 0 amide bonds. The number of carboxylic acids is 1. The van der Waals surface area contributed by atoms with Crippen LogP contribution in [0.1, 0.15) is 20.8 Å². The molecule has 5 nitrogen and oxygen atoms in total. The zero-order valence-corrected chi connectivity index (χ0v) is 9.32. The van der Waals surface area contributed by atoms with Gasteiger partial charge in [-0.05, 0) is 20.8 Å². The lowest BCUT2D eigenvalue weighted by atomic mass is 10.00. The van der Waals surface area contributed by atoms with E-state index in [1.807, 2.05) is 20.8 Å². The maximum atomic E-state index is 11.5. The molecule has 0 aromatic rings. The summed E-state index contributed by atoms with van der Waals surface area (Å²) in [4.78, 5) is 23.5. The molecule has 5 heteroatoms. The molecule has 1 saturated heterocycles. The Bertz CT molecular complexity index is 263. The predicted molar refractivity (Wildman–Crippen MR) is 53.4 cm³/mol. The van der Waals surface area contributed by atoms with Gasteiger partial charge in [-0.25, -0.2) is 0 Å². The van der Waals surface area contributed by atoms with Crippen LogP contribution in [0.15, 0.2) is 0 Å². The molecule has 1 aliphatic heterocycles. The normalized spacial score (nSPS) is 18.3. The lowest BCUT2D eigenvalue weighted by molar-refractivity contribution is -0.167. The number of likely N-dealkylation sites (tertiary alicyclic amines) is 1. The Hall–Kier alpha value is -1.10. The number of carbonyl (C=O) groups excluding carboxylic acids is 1. The van der Waals surface area contributed by atoms with Crippen molar-refractivity contribution in [2.24, 2.45) is 5.92 Å². The van der Waals surface area contributed by atoms with Crippen molar-refractivity contribution in [3.8, 4) is 0 Å². The third-order valence-corrected chi connectivity index (χ3v) is 2.06. The van der Waals surface area contributed by atoms with E-state index < -0.39 is 11.6 Å². The number of ether oxygens (including phenoxy) is 1. The number of aliphatic carboxylic acids is 1. The molecule has 15 heavy (non-hydrogen) atoms. The summed E-state index contributed by atoms with van der Waals surface area (Å²) in [5.74, 6) is -1.26. The topological polar surface area (TPSA) is 66.8 Å². The SMILES string of the molecule is CC(C)(C)OC(=O)C1CN(CC(=O)O)C1. The molecule has 0 aromatic carbocycles. The molecule has 1 rings (SSSR count). The molecule has 0 radical (unpaired) electrons. The maximum absolute atomic E-state index is 11.5. The second-order valence-corrected chi connectivity index (χ2v) is 4.82. The Kier molecular flexibility index (Phi) is 3.34.